The van der Waals surface area contributed by atoms with Gasteiger partial charge in [-0.1, -0.05) is 58.2 Å². The van der Waals surface area contributed by atoms with Crippen molar-refractivity contribution in [1.82, 2.24) is 0 Å². The topological polar surface area (TPSA) is 18.5 Å². The van der Waals surface area contributed by atoms with E-state index in [4.69, 9.17) is 9.47 Å². The smallest absolute Gasteiger partial charge is 0.230 e. The number of unbranched alkanes of at least 4 members (excludes halogenated alkanes) is 4. The fraction of sp³-hybridized carbons (Fsp3) is 0.636. The van der Waals surface area contributed by atoms with Crippen LogP contribution in [-0.2, 0) is 11.2 Å². The van der Waals surface area contributed by atoms with Crippen LogP contribution in [0, 0.1) is 0 Å². The van der Waals surface area contributed by atoms with Gasteiger partial charge in [-0.2, -0.15) is 0 Å². The summed E-state index contributed by atoms with van der Waals surface area (Å²) in [7, 11) is 0. The first-order chi connectivity index (χ1) is 11.6. The average molecular weight is 333 g/mol. The fourth-order valence-corrected chi connectivity index (χ4v) is 2.55. The molecule has 0 aliphatic rings. The lowest BCUT2D eigenvalue weighted by molar-refractivity contribution is -0.142. The first-order valence-electron chi connectivity index (χ1n) is 9.64. The van der Waals surface area contributed by atoms with Crippen molar-refractivity contribution in [2.75, 3.05) is 6.61 Å². The average Bonchev–Trinajstić information content (AvgIpc) is 2.59. The Labute approximate surface area is 149 Å². The molecule has 0 aliphatic carbocycles. The minimum Gasteiger partial charge on any atom is -0.459 e. The summed E-state index contributed by atoms with van der Waals surface area (Å²) in [6.45, 7) is 11.5. The quantitative estimate of drug-likeness (QED) is 0.241. The van der Waals surface area contributed by atoms with Gasteiger partial charge in [-0.05, 0) is 55.9 Å². The zero-order valence-electron chi connectivity index (χ0n) is 16.4. The van der Waals surface area contributed by atoms with Crippen molar-refractivity contribution in [3.05, 3.63) is 41.5 Å². The Morgan fingerprint density at radius 3 is 2.25 bits per heavy atom. The number of ether oxygens (including phenoxy) is 2. The summed E-state index contributed by atoms with van der Waals surface area (Å²) in [4.78, 5) is 0. The van der Waals surface area contributed by atoms with Gasteiger partial charge < -0.3 is 9.47 Å². The van der Waals surface area contributed by atoms with Crippen LogP contribution in [0.1, 0.15) is 78.7 Å². The molecule has 0 saturated heterocycles. The van der Waals surface area contributed by atoms with Gasteiger partial charge in [-0.15, -0.1) is 0 Å². The van der Waals surface area contributed by atoms with Crippen LogP contribution in [0.4, 0.5) is 0 Å². The maximum absolute atomic E-state index is 6.28. The molecule has 0 heterocycles. The summed E-state index contributed by atoms with van der Waals surface area (Å²) < 4.78 is 12.4. The third-order valence-electron chi connectivity index (χ3n) is 4.49. The van der Waals surface area contributed by atoms with Gasteiger partial charge in [0.2, 0.25) is 5.79 Å². The van der Waals surface area contributed by atoms with E-state index in [1.165, 1.54) is 24.8 Å². The molecule has 2 nitrogen and oxygen atoms in total. The van der Waals surface area contributed by atoms with Gasteiger partial charge in [0.1, 0.15) is 5.75 Å². The zero-order valence-corrected chi connectivity index (χ0v) is 16.4. The van der Waals surface area contributed by atoms with E-state index in [0.29, 0.717) is 0 Å². The first kappa shape index (κ1) is 20.8. The summed E-state index contributed by atoms with van der Waals surface area (Å²) in [6, 6.07) is 8.35. The molecule has 2 heteroatoms. The van der Waals surface area contributed by atoms with E-state index in [2.05, 4.69) is 45.9 Å². The van der Waals surface area contributed by atoms with Crippen LogP contribution in [0.25, 0.3) is 0 Å². The molecule has 0 fully saturated rings. The van der Waals surface area contributed by atoms with Crippen molar-refractivity contribution in [2.24, 2.45) is 0 Å². The Morgan fingerprint density at radius 1 is 1.00 bits per heavy atom. The van der Waals surface area contributed by atoms with E-state index in [1.807, 2.05) is 19.1 Å². The van der Waals surface area contributed by atoms with Crippen molar-refractivity contribution in [2.45, 2.75) is 85.4 Å². The molecule has 0 N–H and O–H groups in total. The second kappa shape index (κ2) is 11.3. The zero-order chi connectivity index (χ0) is 17.8. The Morgan fingerprint density at radius 2 is 1.67 bits per heavy atom. The monoisotopic (exact) mass is 332 g/mol. The number of hydrogen-bond donors (Lipinski definition) is 0. The number of aryl methyl sites for hydroxylation is 1. The second-order valence-electron chi connectivity index (χ2n) is 6.63. The van der Waals surface area contributed by atoms with Gasteiger partial charge in [-0.3, -0.25) is 0 Å². The first-order valence-corrected chi connectivity index (χ1v) is 9.64. The van der Waals surface area contributed by atoms with Gasteiger partial charge in [0.25, 0.3) is 0 Å². The molecule has 1 unspecified atom stereocenters. The van der Waals surface area contributed by atoms with Gasteiger partial charge in [0.15, 0.2) is 0 Å². The van der Waals surface area contributed by atoms with E-state index in [1.54, 1.807) is 0 Å². The molecule has 1 atom stereocenters. The predicted octanol–water partition coefficient (Wildman–Crippen LogP) is 6.69. The van der Waals surface area contributed by atoms with Crippen molar-refractivity contribution in [1.29, 1.82) is 0 Å². The molecular formula is C22H36O2. The van der Waals surface area contributed by atoms with E-state index in [9.17, 15) is 0 Å². The molecule has 0 spiro atoms. The van der Waals surface area contributed by atoms with Gasteiger partial charge in [-0.25, -0.2) is 0 Å². The summed E-state index contributed by atoms with van der Waals surface area (Å²) in [5, 5.41) is 0. The summed E-state index contributed by atoms with van der Waals surface area (Å²) in [5.41, 5.74) is 2.48. The van der Waals surface area contributed by atoms with Gasteiger partial charge in [0, 0.05) is 6.92 Å². The van der Waals surface area contributed by atoms with Crippen molar-refractivity contribution >= 4 is 0 Å². The molecule has 1 aromatic rings. The predicted molar refractivity (Wildman–Crippen MR) is 104 cm³/mol. The highest BCUT2D eigenvalue weighted by atomic mass is 16.7. The minimum absolute atomic E-state index is 0.685. The lowest BCUT2D eigenvalue weighted by Crippen LogP contribution is -2.37. The normalized spacial score (nSPS) is 14.5. The van der Waals surface area contributed by atoms with Crippen LogP contribution in [-0.4, -0.2) is 12.4 Å². The molecule has 136 valence electrons. The van der Waals surface area contributed by atoms with Crippen LogP contribution >= 0.6 is 0 Å². The van der Waals surface area contributed by atoms with Crippen LogP contribution in [0.3, 0.4) is 0 Å². The van der Waals surface area contributed by atoms with Crippen LogP contribution in [0.15, 0.2) is 35.9 Å². The fourth-order valence-electron chi connectivity index (χ4n) is 2.55. The molecule has 0 radical (unpaired) electrons. The SMILES string of the molecule is CCCCC/C=C(\C)C(C)(OCCCC)Oc1ccc(CC)cc1. The molecule has 24 heavy (non-hydrogen) atoms. The molecular weight excluding hydrogens is 296 g/mol. The molecule has 0 bridgehead atoms. The number of hydrogen-bond acceptors (Lipinski definition) is 2. The molecule has 1 aromatic carbocycles. The summed E-state index contributed by atoms with van der Waals surface area (Å²) >= 11 is 0. The number of benzene rings is 1. The molecule has 1 rings (SSSR count). The third-order valence-corrected chi connectivity index (χ3v) is 4.49. The van der Waals surface area contributed by atoms with Crippen LogP contribution in [0.2, 0.25) is 0 Å². The Hall–Kier alpha value is -1.28. The second-order valence-corrected chi connectivity index (χ2v) is 6.63. The summed E-state index contributed by atoms with van der Waals surface area (Å²) in [5.74, 6) is 0.183. The van der Waals surface area contributed by atoms with Crippen LogP contribution < -0.4 is 4.74 Å². The standard InChI is InChI=1S/C22H36O2/c1-6-9-11-12-13-19(4)22(5,23-18-10-7-2)24-21-16-14-20(8-3)15-17-21/h13-17H,6-12,18H2,1-5H3/b19-13+. The van der Waals surface area contributed by atoms with Crippen molar-refractivity contribution in [3.63, 3.8) is 0 Å². The highest BCUT2D eigenvalue weighted by Gasteiger charge is 2.29. The largest absolute Gasteiger partial charge is 0.459 e. The molecule has 0 aromatic heterocycles. The highest BCUT2D eigenvalue weighted by molar-refractivity contribution is 5.28. The Kier molecular flexibility index (Phi) is 9.78. The minimum atomic E-state index is -0.685. The molecule has 0 amide bonds. The van der Waals surface area contributed by atoms with E-state index in [-0.39, 0.29) is 0 Å². The number of rotatable bonds is 12. The maximum atomic E-state index is 6.28. The van der Waals surface area contributed by atoms with E-state index >= 15 is 0 Å². The van der Waals surface area contributed by atoms with E-state index in [0.717, 1.165) is 43.6 Å². The van der Waals surface area contributed by atoms with Crippen LogP contribution in [0.5, 0.6) is 5.75 Å². The third kappa shape index (κ3) is 7.09. The van der Waals surface area contributed by atoms with Crippen molar-refractivity contribution in [3.8, 4) is 5.75 Å². The Balaban J connectivity index is 2.82. The maximum Gasteiger partial charge on any atom is 0.230 e. The van der Waals surface area contributed by atoms with E-state index < -0.39 is 5.79 Å². The lowest BCUT2D eigenvalue weighted by atomic mass is 10.1. The van der Waals surface area contributed by atoms with Gasteiger partial charge >= 0.3 is 0 Å². The number of allylic oxidation sites excluding steroid dienone is 1. The molecule has 0 saturated carbocycles. The van der Waals surface area contributed by atoms with Gasteiger partial charge in [0.05, 0.1) is 6.61 Å². The highest BCUT2D eigenvalue weighted by Crippen LogP contribution is 2.27. The molecule has 0 aliphatic heterocycles. The summed E-state index contributed by atoms with van der Waals surface area (Å²) in [6.07, 6.45) is 10.3. The lowest BCUT2D eigenvalue weighted by Gasteiger charge is -2.32. The Bertz CT molecular complexity index is 475. The van der Waals surface area contributed by atoms with Crippen molar-refractivity contribution < 1.29 is 9.47 Å².